The second kappa shape index (κ2) is 6.11. The molecule has 5 nitrogen and oxygen atoms in total. The highest BCUT2D eigenvalue weighted by molar-refractivity contribution is 5.94. The van der Waals surface area contributed by atoms with Crippen LogP contribution in [0, 0.1) is 0 Å². The summed E-state index contributed by atoms with van der Waals surface area (Å²) in [7, 11) is 0. The maximum atomic E-state index is 12.8. The first kappa shape index (κ1) is 16.8. The summed E-state index contributed by atoms with van der Waals surface area (Å²) in [4.78, 5) is 15.5. The van der Waals surface area contributed by atoms with Crippen molar-refractivity contribution in [1.29, 1.82) is 0 Å². The first-order valence-electron chi connectivity index (χ1n) is 6.76. The van der Waals surface area contributed by atoms with Crippen LogP contribution in [0.25, 0.3) is 22.0 Å². The largest absolute Gasteiger partial charge is 0.434 e. The fourth-order valence-corrected chi connectivity index (χ4v) is 2.30. The Morgan fingerprint density at radius 1 is 1.12 bits per heavy atom. The van der Waals surface area contributed by atoms with Crippen molar-refractivity contribution in [3.8, 4) is 17.0 Å². The molecule has 2 aromatic heterocycles. The first-order chi connectivity index (χ1) is 11.8. The Kier molecular flexibility index (Phi) is 4.11. The molecule has 0 atom stereocenters. The highest BCUT2D eigenvalue weighted by Gasteiger charge is 2.32. The van der Waals surface area contributed by atoms with Gasteiger partial charge in [-0.1, -0.05) is 0 Å². The molecule has 0 radical (unpaired) electrons. The molecule has 2 heterocycles. The lowest BCUT2D eigenvalue weighted by atomic mass is 10.0. The normalized spacial score (nSPS) is 11.9. The van der Waals surface area contributed by atoms with Crippen molar-refractivity contribution in [2.24, 2.45) is 0 Å². The van der Waals surface area contributed by atoms with Gasteiger partial charge in [-0.25, -0.2) is 5.10 Å². The molecular weight excluding hydrogens is 349 g/mol. The zero-order chi connectivity index (χ0) is 18.2. The lowest BCUT2D eigenvalue weighted by Gasteiger charge is -2.14. The van der Waals surface area contributed by atoms with Crippen molar-refractivity contribution in [2.75, 3.05) is 0 Å². The molecule has 0 aliphatic rings. The van der Waals surface area contributed by atoms with E-state index in [1.54, 1.807) is 0 Å². The Morgan fingerprint density at radius 3 is 2.56 bits per heavy atom. The van der Waals surface area contributed by atoms with E-state index < -0.39 is 29.7 Å². The molecule has 0 bridgehead atoms. The van der Waals surface area contributed by atoms with Crippen molar-refractivity contribution in [3.63, 3.8) is 0 Å². The molecule has 1 aromatic carbocycles. The number of benzene rings is 1. The van der Waals surface area contributed by atoms with E-state index in [0.717, 1.165) is 6.07 Å². The molecule has 3 aromatic rings. The number of aromatic amines is 1. The van der Waals surface area contributed by atoms with Gasteiger partial charge in [-0.05, 0) is 24.3 Å². The summed E-state index contributed by atoms with van der Waals surface area (Å²) in [6.07, 6.45) is -2.16. The minimum Gasteiger partial charge on any atom is -0.434 e. The third-order valence-electron chi connectivity index (χ3n) is 3.37. The maximum absolute atomic E-state index is 12.8. The predicted molar refractivity (Wildman–Crippen MR) is 77.2 cm³/mol. The van der Waals surface area contributed by atoms with Crippen LogP contribution in [0.2, 0.25) is 0 Å². The van der Waals surface area contributed by atoms with Gasteiger partial charge in [0.15, 0.2) is 0 Å². The molecule has 3 rings (SSSR count). The fourth-order valence-electron chi connectivity index (χ4n) is 2.30. The molecule has 1 N–H and O–H groups in total. The van der Waals surface area contributed by atoms with Gasteiger partial charge in [0.25, 0.3) is 5.56 Å². The smallest absolute Gasteiger partial charge is 0.416 e. The van der Waals surface area contributed by atoms with Crippen LogP contribution < -0.4 is 10.3 Å². The molecule has 0 fully saturated rings. The quantitative estimate of drug-likeness (QED) is 0.728. The number of H-pyrrole nitrogens is 1. The van der Waals surface area contributed by atoms with Gasteiger partial charge in [0.2, 0.25) is 0 Å². The second-order valence-electron chi connectivity index (χ2n) is 4.91. The average molecular weight is 357 g/mol. The number of hydrogen-bond acceptors (Lipinski definition) is 4. The number of alkyl halides is 5. The minimum absolute atomic E-state index is 0.0126. The number of nitrogens with one attached hydrogen (secondary N) is 1. The van der Waals surface area contributed by atoms with Gasteiger partial charge in [-0.2, -0.15) is 27.1 Å². The van der Waals surface area contributed by atoms with Crippen LogP contribution in [0.1, 0.15) is 5.56 Å². The standard InChI is InChI=1S/C15H8F5N3O2/c16-14(17)25-11-5-7(15(18,19)20)1-2-9(11)12-8-3-4-21-6-10(8)13(24)23-22-12/h1-6,14H,(H,23,24). The van der Waals surface area contributed by atoms with Gasteiger partial charge in [-0.3, -0.25) is 9.78 Å². The molecular formula is C15H8F5N3O2. The zero-order valence-electron chi connectivity index (χ0n) is 12.1. The molecule has 10 heteroatoms. The van der Waals surface area contributed by atoms with Crippen LogP contribution in [0.15, 0.2) is 41.5 Å². The SMILES string of the molecule is O=c1[nH]nc(-c2ccc(C(F)(F)F)cc2OC(F)F)c2ccncc12. The van der Waals surface area contributed by atoms with Crippen LogP contribution in [0.3, 0.4) is 0 Å². The summed E-state index contributed by atoms with van der Waals surface area (Å²) in [6, 6.07) is 3.53. The Bertz CT molecular complexity index is 985. The maximum Gasteiger partial charge on any atom is 0.416 e. The molecule has 25 heavy (non-hydrogen) atoms. The number of pyridine rings is 1. The Morgan fingerprint density at radius 2 is 1.88 bits per heavy atom. The van der Waals surface area contributed by atoms with E-state index >= 15 is 0 Å². The molecule has 130 valence electrons. The molecule has 0 saturated carbocycles. The number of rotatable bonds is 3. The van der Waals surface area contributed by atoms with Crippen molar-refractivity contribution in [2.45, 2.75) is 12.8 Å². The highest BCUT2D eigenvalue weighted by Crippen LogP contribution is 2.38. The number of nitrogens with zero attached hydrogens (tertiary/aromatic N) is 2. The Labute approximate surface area is 136 Å². The number of hydrogen-bond donors (Lipinski definition) is 1. The van der Waals surface area contributed by atoms with Gasteiger partial charge >= 0.3 is 12.8 Å². The number of ether oxygens (including phenoxy) is 1. The lowest BCUT2D eigenvalue weighted by Crippen LogP contribution is -2.11. The average Bonchev–Trinajstić information content (AvgIpc) is 2.54. The van der Waals surface area contributed by atoms with Gasteiger partial charge in [0.05, 0.1) is 10.9 Å². The van der Waals surface area contributed by atoms with E-state index in [-0.39, 0.29) is 22.0 Å². The second-order valence-corrected chi connectivity index (χ2v) is 4.91. The van der Waals surface area contributed by atoms with Crippen molar-refractivity contribution in [3.05, 3.63) is 52.6 Å². The number of aromatic nitrogens is 3. The van der Waals surface area contributed by atoms with Crippen molar-refractivity contribution < 1.29 is 26.7 Å². The first-order valence-corrected chi connectivity index (χ1v) is 6.76. The lowest BCUT2D eigenvalue weighted by molar-refractivity contribution is -0.138. The monoisotopic (exact) mass is 357 g/mol. The fraction of sp³-hybridized carbons (Fsp3) is 0.133. The summed E-state index contributed by atoms with van der Waals surface area (Å²) in [5.74, 6) is -0.706. The molecule has 0 spiro atoms. The molecule has 0 aliphatic heterocycles. The van der Waals surface area contributed by atoms with Crippen LogP contribution >= 0.6 is 0 Å². The summed E-state index contributed by atoms with van der Waals surface area (Å²) in [6.45, 7) is -3.34. The van der Waals surface area contributed by atoms with Crippen LogP contribution in [0.5, 0.6) is 5.75 Å². The van der Waals surface area contributed by atoms with E-state index in [1.165, 1.54) is 18.5 Å². The van der Waals surface area contributed by atoms with E-state index in [9.17, 15) is 26.7 Å². The third kappa shape index (κ3) is 3.28. The van der Waals surface area contributed by atoms with Crippen molar-refractivity contribution in [1.82, 2.24) is 15.2 Å². The van der Waals surface area contributed by atoms with E-state index in [0.29, 0.717) is 12.1 Å². The molecule has 0 aliphatic carbocycles. The van der Waals surface area contributed by atoms with E-state index in [2.05, 4.69) is 19.9 Å². The van der Waals surface area contributed by atoms with Gasteiger partial charge in [-0.15, -0.1) is 0 Å². The topological polar surface area (TPSA) is 67.9 Å². The van der Waals surface area contributed by atoms with Crippen LogP contribution in [-0.4, -0.2) is 21.8 Å². The number of fused-ring (bicyclic) bond motifs is 1. The Balaban J connectivity index is 2.27. The molecule has 0 amide bonds. The summed E-state index contributed by atoms with van der Waals surface area (Å²) >= 11 is 0. The van der Waals surface area contributed by atoms with Gasteiger partial charge < -0.3 is 4.74 Å². The summed E-state index contributed by atoms with van der Waals surface area (Å²) in [5, 5.41) is 6.26. The number of halogens is 5. The van der Waals surface area contributed by atoms with Crippen LogP contribution in [-0.2, 0) is 6.18 Å². The minimum atomic E-state index is -4.73. The van der Waals surface area contributed by atoms with Crippen LogP contribution in [0.4, 0.5) is 22.0 Å². The third-order valence-corrected chi connectivity index (χ3v) is 3.37. The summed E-state index contributed by atoms with van der Waals surface area (Å²) < 4.78 is 68.0. The van der Waals surface area contributed by atoms with E-state index in [1.807, 2.05) is 0 Å². The van der Waals surface area contributed by atoms with Crippen molar-refractivity contribution >= 4 is 10.8 Å². The summed E-state index contributed by atoms with van der Waals surface area (Å²) in [5.41, 5.74) is -1.86. The predicted octanol–water partition coefficient (Wildman–Crippen LogP) is 3.61. The van der Waals surface area contributed by atoms with E-state index in [4.69, 9.17) is 0 Å². The van der Waals surface area contributed by atoms with Gasteiger partial charge in [0, 0.05) is 23.3 Å². The highest BCUT2D eigenvalue weighted by atomic mass is 19.4. The zero-order valence-corrected chi connectivity index (χ0v) is 12.1. The molecule has 0 saturated heterocycles. The molecule has 0 unspecified atom stereocenters. The van der Waals surface area contributed by atoms with Gasteiger partial charge in [0.1, 0.15) is 11.4 Å². The Hall–Kier alpha value is -3.04.